The van der Waals surface area contributed by atoms with E-state index in [9.17, 15) is 4.39 Å². The van der Waals surface area contributed by atoms with Crippen molar-refractivity contribution in [2.24, 2.45) is 0 Å². The average Bonchev–Trinajstić information content (AvgIpc) is 1.16. The summed E-state index contributed by atoms with van der Waals surface area (Å²) in [5.74, 6) is 0. The number of halogens is 1. The Bertz CT molecular complexity index is 81.0. The van der Waals surface area contributed by atoms with Crippen LogP contribution in [0.3, 0.4) is 0 Å². The Morgan fingerprint density at radius 1 is 1.62 bits per heavy atom. The lowest BCUT2D eigenvalue weighted by molar-refractivity contribution is 0.107. The van der Waals surface area contributed by atoms with Gasteiger partial charge in [-0.3, -0.25) is 0 Å². The van der Waals surface area contributed by atoms with Gasteiger partial charge in [0.25, 0.3) is 0 Å². The largest absolute Gasteiger partial charge is 0.311 e. The molecule has 0 aromatic heterocycles. The molecule has 0 bridgehead atoms. The minimum Gasteiger partial charge on any atom is -0.311 e. The summed E-state index contributed by atoms with van der Waals surface area (Å²) in [6.45, 7) is 4.21. The summed E-state index contributed by atoms with van der Waals surface area (Å²) < 4.78 is 12.8. The van der Waals surface area contributed by atoms with Crippen LogP contribution in [0, 0.1) is 0 Å². The van der Waals surface area contributed by atoms with Gasteiger partial charge >= 0.3 is 0 Å². The summed E-state index contributed by atoms with van der Waals surface area (Å²) in [5, 5.41) is 3.01. The highest BCUT2D eigenvalue weighted by atomic mass is 19.1. The molecule has 1 aliphatic rings. The minimum atomic E-state index is -1.02. The van der Waals surface area contributed by atoms with E-state index in [1.54, 1.807) is 13.8 Å². The standard InChI is InChI=1S/C6H12FN/c1-6(2,7)5-3-4-8-5/h5,8H,3-4H2,1-2H3. The molecule has 1 atom stereocenters. The Kier molecular flexibility index (Phi) is 1.27. The summed E-state index contributed by atoms with van der Waals surface area (Å²) in [5.41, 5.74) is -1.02. The second-order valence-corrected chi connectivity index (χ2v) is 2.86. The molecule has 1 N–H and O–H groups in total. The lowest BCUT2D eigenvalue weighted by atomic mass is 9.92. The Hall–Kier alpha value is -0.110. The Morgan fingerprint density at radius 3 is 2.12 bits per heavy atom. The van der Waals surface area contributed by atoms with Crippen LogP contribution in [0.25, 0.3) is 0 Å². The first-order chi connectivity index (χ1) is 3.61. The smallest absolute Gasteiger partial charge is 0.120 e. The Morgan fingerprint density at radius 2 is 2.12 bits per heavy atom. The molecule has 1 fully saturated rings. The zero-order valence-corrected chi connectivity index (χ0v) is 5.37. The van der Waals surface area contributed by atoms with Crippen LogP contribution >= 0.6 is 0 Å². The maximum atomic E-state index is 12.8. The first kappa shape index (κ1) is 6.02. The van der Waals surface area contributed by atoms with Crippen LogP contribution in [0.4, 0.5) is 4.39 Å². The molecule has 1 aliphatic heterocycles. The third-order valence-electron chi connectivity index (χ3n) is 1.65. The second-order valence-electron chi connectivity index (χ2n) is 2.86. The van der Waals surface area contributed by atoms with Crippen molar-refractivity contribution in [3.05, 3.63) is 0 Å². The van der Waals surface area contributed by atoms with Crippen molar-refractivity contribution in [1.29, 1.82) is 0 Å². The Balaban J connectivity index is 2.34. The first-order valence-electron chi connectivity index (χ1n) is 3.03. The van der Waals surface area contributed by atoms with Crippen LogP contribution in [0.5, 0.6) is 0 Å². The molecule has 1 saturated heterocycles. The van der Waals surface area contributed by atoms with Crippen LogP contribution in [0.1, 0.15) is 20.3 Å². The number of hydrogen-bond acceptors (Lipinski definition) is 1. The van der Waals surface area contributed by atoms with E-state index in [2.05, 4.69) is 5.32 Å². The van der Waals surface area contributed by atoms with E-state index in [0.29, 0.717) is 0 Å². The summed E-state index contributed by atoms with van der Waals surface area (Å²) in [7, 11) is 0. The topological polar surface area (TPSA) is 12.0 Å². The lowest BCUT2D eigenvalue weighted by Crippen LogP contribution is -2.53. The highest BCUT2D eigenvalue weighted by molar-refractivity contribution is 4.90. The second kappa shape index (κ2) is 1.69. The molecule has 48 valence electrons. The fourth-order valence-electron chi connectivity index (χ4n) is 0.875. The molecule has 1 rings (SSSR count). The highest BCUT2D eigenvalue weighted by Gasteiger charge is 2.32. The SMILES string of the molecule is CC(C)(F)C1CCN1. The Labute approximate surface area is 49.3 Å². The molecule has 0 aromatic carbocycles. The summed E-state index contributed by atoms with van der Waals surface area (Å²) >= 11 is 0. The maximum absolute atomic E-state index is 12.8. The van der Waals surface area contributed by atoms with Crippen LogP contribution in [0.15, 0.2) is 0 Å². The van der Waals surface area contributed by atoms with Gasteiger partial charge in [-0.1, -0.05) is 0 Å². The van der Waals surface area contributed by atoms with Crippen molar-refractivity contribution in [2.75, 3.05) is 6.54 Å². The minimum absolute atomic E-state index is 0.113. The third-order valence-corrected chi connectivity index (χ3v) is 1.65. The highest BCUT2D eigenvalue weighted by Crippen LogP contribution is 2.21. The molecular weight excluding hydrogens is 105 g/mol. The van der Waals surface area contributed by atoms with Gasteiger partial charge in [0.05, 0.1) is 0 Å². The summed E-state index contributed by atoms with van der Waals surface area (Å²) in [6.07, 6.45) is 0.990. The van der Waals surface area contributed by atoms with Crippen molar-refractivity contribution in [3.8, 4) is 0 Å². The lowest BCUT2D eigenvalue weighted by Gasteiger charge is -2.35. The van der Waals surface area contributed by atoms with Gasteiger partial charge in [0.15, 0.2) is 0 Å². The molecule has 0 aliphatic carbocycles. The van der Waals surface area contributed by atoms with Gasteiger partial charge in [-0.2, -0.15) is 0 Å². The van der Waals surface area contributed by atoms with Gasteiger partial charge in [0.1, 0.15) is 5.67 Å². The van der Waals surface area contributed by atoms with Gasteiger partial charge in [-0.25, -0.2) is 4.39 Å². The molecule has 8 heavy (non-hydrogen) atoms. The quantitative estimate of drug-likeness (QED) is 0.542. The fourth-order valence-corrected chi connectivity index (χ4v) is 0.875. The molecule has 0 aromatic rings. The molecule has 1 nitrogen and oxygen atoms in total. The average molecular weight is 117 g/mol. The van der Waals surface area contributed by atoms with Gasteiger partial charge in [-0.15, -0.1) is 0 Å². The van der Waals surface area contributed by atoms with Gasteiger partial charge < -0.3 is 5.32 Å². The zero-order valence-electron chi connectivity index (χ0n) is 5.37. The number of rotatable bonds is 1. The number of alkyl halides is 1. The first-order valence-corrected chi connectivity index (χ1v) is 3.03. The van der Waals surface area contributed by atoms with Gasteiger partial charge in [0, 0.05) is 6.04 Å². The van der Waals surface area contributed by atoms with Crippen molar-refractivity contribution in [3.63, 3.8) is 0 Å². The fraction of sp³-hybridized carbons (Fsp3) is 1.00. The predicted octanol–water partition coefficient (Wildman–Crippen LogP) is 1.10. The van der Waals surface area contributed by atoms with Crippen molar-refractivity contribution >= 4 is 0 Å². The maximum Gasteiger partial charge on any atom is 0.120 e. The zero-order chi connectivity index (χ0) is 6.20. The molecule has 0 spiro atoms. The molecule has 0 amide bonds. The van der Waals surface area contributed by atoms with Crippen LogP contribution in [0.2, 0.25) is 0 Å². The third kappa shape index (κ3) is 0.996. The monoisotopic (exact) mass is 117 g/mol. The van der Waals surface area contributed by atoms with Crippen LogP contribution in [-0.2, 0) is 0 Å². The molecule has 1 heterocycles. The van der Waals surface area contributed by atoms with E-state index in [-0.39, 0.29) is 6.04 Å². The van der Waals surface area contributed by atoms with E-state index >= 15 is 0 Å². The molecule has 2 heteroatoms. The normalized spacial score (nSPS) is 29.6. The molecular formula is C6H12FN. The molecule has 0 radical (unpaired) electrons. The van der Waals surface area contributed by atoms with Crippen LogP contribution in [-0.4, -0.2) is 18.3 Å². The van der Waals surface area contributed by atoms with E-state index < -0.39 is 5.67 Å². The summed E-state index contributed by atoms with van der Waals surface area (Å²) in [6, 6.07) is 0.113. The van der Waals surface area contributed by atoms with E-state index in [0.717, 1.165) is 13.0 Å². The predicted molar refractivity (Wildman–Crippen MR) is 31.6 cm³/mol. The number of hydrogen-bond donors (Lipinski definition) is 1. The van der Waals surface area contributed by atoms with Crippen molar-refractivity contribution in [2.45, 2.75) is 32.0 Å². The summed E-state index contributed by atoms with van der Waals surface area (Å²) in [4.78, 5) is 0. The van der Waals surface area contributed by atoms with Gasteiger partial charge in [0.2, 0.25) is 0 Å². The number of nitrogens with one attached hydrogen (secondary N) is 1. The van der Waals surface area contributed by atoms with Gasteiger partial charge in [-0.05, 0) is 26.8 Å². The van der Waals surface area contributed by atoms with E-state index in [4.69, 9.17) is 0 Å². The van der Waals surface area contributed by atoms with Crippen molar-refractivity contribution < 1.29 is 4.39 Å². The van der Waals surface area contributed by atoms with E-state index in [1.165, 1.54) is 0 Å². The van der Waals surface area contributed by atoms with Crippen molar-refractivity contribution in [1.82, 2.24) is 5.32 Å². The van der Waals surface area contributed by atoms with E-state index in [1.807, 2.05) is 0 Å². The van der Waals surface area contributed by atoms with Crippen LogP contribution < -0.4 is 5.32 Å². The molecule has 1 unspecified atom stereocenters. The molecule has 0 saturated carbocycles.